The Balaban J connectivity index is 2.83. The van der Waals surface area contributed by atoms with Gasteiger partial charge in [0.15, 0.2) is 0 Å². The summed E-state index contributed by atoms with van der Waals surface area (Å²) >= 11 is 3.36. The van der Waals surface area contributed by atoms with Crippen molar-refractivity contribution in [1.82, 2.24) is 9.78 Å². The molecule has 12 heavy (non-hydrogen) atoms. The van der Waals surface area contributed by atoms with Crippen molar-refractivity contribution in [3.05, 3.63) is 16.4 Å². The van der Waals surface area contributed by atoms with Gasteiger partial charge in [-0.3, -0.25) is 4.68 Å². The molecule has 3 nitrogen and oxygen atoms in total. The maximum atomic E-state index is 9.53. The lowest BCUT2D eigenvalue weighted by Crippen LogP contribution is -2.27. The summed E-state index contributed by atoms with van der Waals surface area (Å²) in [5.74, 6) is 0. The van der Waals surface area contributed by atoms with Crippen molar-refractivity contribution >= 4 is 15.9 Å². The second kappa shape index (κ2) is 3.18. The predicted octanol–water partition coefficient (Wildman–Crippen LogP) is 1.72. The average molecular weight is 233 g/mol. The average Bonchev–Trinajstić information content (AvgIpc) is 2.16. The van der Waals surface area contributed by atoms with E-state index in [0.29, 0.717) is 6.54 Å². The topological polar surface area (TPSA) is 38.0 Å². The van der Waals surface area contributed by atoms with Gasteiger partial charge in [0.2, 0.25) is 0 Å². The van der Waals surface area contributed by atoms with Crippen LogP contribution in [0.1, 0.15) is 19.5 Å². The van der Waals surface area contributed by atoms with Gasteiger partial charge in [-0.05, 0) is 36.7 Å². The first-order valence-corrected chi connectivity index (χ1v) is 4.60. The molecule has 0 atom stereocenters. The summed E-state index contributed by atoms with van der Waals surface area (Å²) in [5, 5.41) is 13.6. The van der Waals surface area contributed by atoms with Crippen molar-refractivity contribution in [2.24, 2.45) is 0 Å². The number of nitrogens with zero attached hydrogens (tertiary/aromatic N) is 2. The minimum absolute atomic E-state index is 0.518. The molecule has 0 bridgehead atoms. The molecule has 0 spiro atoms. The van der Waals surface area contributed by atoms with Gasteiger partial charge in [0.05, 0.1) is 22.8 Å². The third-order valence-electron chi connectivity index (χ3n) is 1.58. The standard InChI is InChI=1S/C8H13BrN2O/c1-6-7(9)4-10-11(6)5-8(2,3)12/h4,12H,5H2,1-3H3. The molecule has 1 aromatic heterocycles. The second-order valence-corrected chi connectivity index (χ2v) is 4.40. The zero-order valence-corrected chi connectivity index (χ0v) is 9.09. The number of halogens is 1. The van der Waals surface area contributed by atoms with E-state index in [4.69, 9.17) is 0 Å². The van der Waals surface area contributed by atoms with E-state index in [1.54, 1.807) is 24.7 Å². The summed E-state index contributed by atoms with van der Waals surface area (Å²) < 4.78 is 2.76. The van der Waals surface area contributed by atoms with Crippen LogP contribution in [0.25, 0.3) is 0 Å². The maximum Gasteiger partial charge on any atom is 0.0786 e. The molecule has 0 amide bonds. The number of aromatic nitrogens is 2. The predicted molar refractivity (Wildman–Crippen MR) is 51.0 cm³/mol. The molecular weight excluding hydrogens is 220 g/mol. The molecule has 0 saturated heterocycles. The zero-order chi connectivity index (χ0) is 9.35. The van der Waals surface area contributed by atoms with Gasteiger partial charge in [0.1, 0.15) is 0 Å². The van der Waals surface area contributed by atoms with Crippen LogP contribution in [0.5, 0.6) is 0 Å². The number of rotatable bonds is 2. The van der Waals surface area contributed by atoms with Crippen molar-refractivity contribution in [2.45, 2.75) is 32.9 Å². The van der Waals surface area contributed by atoms with Crippen LogP contribution in [0.15, 0.2) is 10.7 Å². The molecular formula is C8H13BrN2O. The van der Waals surface area contributed by atoms with Gasteiger partial charge in [-0.2, -0.15) is 5.10 Å². The Hall–Kier alpha value is -0.350. The lowest BCUT2D eigenvalue weighted by molar-refractivity contribution is 0.0570. The molecule has 0 fully saturated rings. The highest BCUT2D eigenvalue weighted by atomic mass is 79.9. The Bertz CT molecular complexity index is 275. The summed E-state index contributed by atoms with van der Waals surface area (Å²) in [5.41, 5.74) is 0.327. The van der Waals surface area contributed by atoms with E-state index in [0.717, 1.165) is 10.2 Å². The first-order valence-electron chi connectivity index (χ1n) is 3.80. The molecule has 1 heterocycles. The largest absolute Gasteiger partial charge is 0.389 e. The molecule has 0 radical (unpaired) electrons. The van der Waals surface area contributed by atoms with E-state index >= 15 is 0 Å². The Labute approximate surface area is 80.5 Å². The Kier molecular flexibility index (Phi) is 2.58. The van der Waals surface area contributed by atoms with Crippen molar-refractivity contribution in [1.29, 1.82) is 0 Å². The molecule has 68 valence electrons. The smallest absolute Gasteiger partial charge is 0.0786 e. The minimum atomic E-state index is -0.712. The lowest BCUT2D eigenvalue weighted by Gasteiger charge is -2.17. The van der Waals surface area contributed by atoms with Gasteiger partial charge in [0.25, 0.3) is 0 Å². The SMILES string of the molecule is Cc1c(Br)cnn1CC(C)(C)O. The summed E-state index contributed by atoms with van der Waals surface area (Å²) in [4.78, 5) is 0. The Morgan fingerprint density at radius 1 is 1.67 bits per heavy atom. The van der Waals surface area contributed by atoms with Gasteiger partial charge < -0.3 is 5.11 Å². The number of aliphatic hydroxyl groups is 1. The molecule has 1 rings (SSSR count). The zero-order valence-electron chi connectivity index (χ0n) is 7.50. The fraction of sp³-hybridized carbons (Fsp3) is 0.625. The van der Waals surface area contributed by atoms with Gasteiger partial charge in [-0.25, -0.2) is 0 Å². The van der Waals surface area contributed by atoms with Crippen LogP contribution in [0.3, 0.4) is 0 Å². The van der Waals surface area contributed by atoms with Gasteiger partial charge in [0, 0.05) is 5.69 Å². The van der Waals surface area contributed by atoms with Crippen LogP contribution < -0.4 is 0 Å². The normalized spacial score (nSPS) is 12.1. The highest BCUT2D eigenvalue weighted by Gasteiger charge is 2.15. The van der Waals surface area contributed by atoms with Gasteiger partial charge in [-0.1, -0.05) is 0 Å². The van der Waals surface area contributed by atoms with Gasteiger partial charge in [-0.15, -0.1) is 0 Å². The van der Waals surface area contributed by atoms with E-state index in [2.05, 4.69) is 21.0 Å². The molecule has 0 unspecified atom stereocenters. The quantitative estimate of drug-likeness (QED) is 0.844. The van der Waals surface area contributed by atoms with Crippen LogP contribution in [-0.4, -0.2) is 20.5 Å². The van der Waals surface area contributed by atoms with Crippen molar-refractivity contribution < 1.29 is 5.11 Å². The fourth-order valence-electron chi connectivity index (χ4n) is 0.950. The van der Waals surface area contributed by atoms with Crippen LogP contribution in [-0.2, 0) is 6.54 Å². The van der Waals surface area contributed by atoms with E-state index < -0.39 is 5.60 Å². The minimum Gasteiger partial charge on any atom is -0.389 e. The molecule has 0 aliphatic rings. The first-order chi connectivity index (χ1) is 5.40. The highest BCUT2D eigenvalue weighted by Crippen LogP contribution is 2.16. The Morgan fingerprint density at radius 2 is 2.25 bits per heavy atom. The van der Waals surface area contributed by atoms with Crippen LogP contribution in [0.2, 0.25) is 0 Å². The number of hydrogen-bond donors (Lipinski definition) is 1. The van der Waals surface area contributed by atoms with Crippen molar-refractivity contribution in [3.63, 3.8) is 0 Å². The third kappa shape index (κ3) is 2.32. The van der Waals surface area contributed by atoms with Crippen LogP contribution >= 0.6 is 15.9 Å². The summed E-state index contributed by atoms with van der Waals surface area (Å²) in [6, 6.07) is 0. The van der Waals surface area contributed by atoms with Crippen LogP contribution in [0.4, 0.5) is 0 Å². The van der Waals surface area contributed by atoms with Crippen molar-refractivity contribution in [3.8, 4) is 0 Å². The summed E-state index contributed by atoms with van der Waals surface area (Å²) in [6.07, 6.45) is 1.74. The lowest BCUT2D eigenvalue weighted by atomic mass is 10.1. The second-order valence-electron chi connectivity index (χ2n) is 3.55. The molecule has 4 heteroatoms. The van der Waals surface area contributed by atoms with E-state index in [1.807, 2.05) is 6.92 Å². The maximum absolute atomic E-state index is 9.53. The summed E-state index contributed by atoms with van der Waals surface area (Å²) in [7, 11) is 0. The molecule has 0 aromatic carbocycles. The van der Waals surface area contributed by atoms with E-state index in [9.17, 15) is 5.11 Å². The molecule has 0 aliphatic carbocycles. The number of hydrogen-bond acceptors (Lipinski definition) is 2. The van der Waals surface area contributed by atoms with E-state index in [1.165, 1.54) is 0 Å². The summed E-state index contributed by atoms with van der Waals surface area (Å²) in [6.45, 7) is 6.01. The molecule has 1 N–H and O–H groups in total. The molecule has 0 aliphatic heterocycles. The van der Waals surface area contributed by atoms with Crippen LogP contribution in [0, 0.1) is 6.92 Å². The first kappa shape index (κ1) is 9.74. The Morgan fingerprint density at radius 3 is 2.58 bits per heavy atom. The van der Waals surface area contributed by atoms with Gasteiger partial charge >= 0.3 is 0 Å². The third-order valence-corrected chi connectivity index (χ3v) is 2.36. The molecule has 1 aromatic rings. The van der Waals surface area contributed by atoms with Crippen molar-refractivity contribution in [2.75, 3.05) is 0 Å². The fourth-order valence-corrected chi connectivity index (χ4v) is 1.25. The molecule has 0 saturated carbocycles. The van der Waals surface area contributed by atoms with E-state index in [-0.39, 0.29) is 0 Å². The highest BCUT2D eigenvalue weighted by molar-refractivity contribution is 9.10. The monoisotopic (exact) mass is 232 g/mol.